The molecule has 0 saturated carbocycles. The fraction of sp³-hybridized carbons (Fsp3) is 0.500. The number of ether oxygens (including phenoxy) is 1. The zero-order valence-corrected chi connectivity index (χ0v) is 14.9. The fourth-order valence-electron chi connectivity index (χ4n) is 2.46. The van der Waals surface area contributed by atoms with Crippen LogP contribution in [-0.2, 0) is 4.79 Å². The molecule has 1 aromatic carbocycles. The summed E-state index contributed by atoms with van der Waals surface area (Å²) in [5, 5.41) is 3.69. The molecule has 2 rings (SSSR count). The molecular weight excluding hydrogens is 330 g/mol. The SMILES string of the molecule is O=C(CSCCOc1ccc(Cl)cc1)NCCC1=CCCCC1. The van der Waals surface area contributed by atoms with Gasteiger partial charge in [-0.3, -0.25) is 4.79 Å². The average Bonchev–Trinajstić information content (AvgIpc) is 2.57. The van der Waals surface area contributed by atoms with Gasteiger partial charge in [-0.15, -0.1) is 11.8 Å². The van der Waals surface area contributed by atoms with Crippen LogP contribution in [0, 0.1) is 0 Å². The first kappa shape index (κ1) is 18.2. The average molecular weight is 354 g/mol. The zero-order chi connectivity index (χ0) is 16.3. The Bertz CT molecular complexity index is 516. The van der Waals surface area contributed by atoms with Gasteiger partial charge in [0.15, 0.2) is 0 Å². The van der Waals surface area contributed by atoms with Crippen molar-refractivity contribution in [2.75, 3.05) is 24.7 Å². The number of rotatable bonds is 9. The Kier molecular flexibility index (Phi) is 8.40. The molecule has 1 aliphatic rings. The lowest BCUT2D eigenvalue weighted by Gasteiger charge is -2.12. The summed E-state index contributed by atoms with van der Waals surface area (Å²) >= 11 is 7.41. The molecule has 5 heteroatoms. The predicted molar refractivity (Wildman–Crippen MR) is 98.4 cm³/mol. The zero-order valence-electron chi connectivity index (χ0n) is 13.4. The van der Waals surface area contributed by atoms with Gasteiger partial charge in [-0.2, -0.15) is 0 Å². The summed E-state index contributed by atoms with van der Waals surface area (Å²) in [6.07, 6.45) is 8.34. The largest absolute Gasteiger partial charge is 0.493 e. The van der Waals surface area contributed by atoms with E-state index in [1.165, 1.54) is 31.3 Å². The molecule has 0 radical (unpaired) electrons. The predicted octanol–water partition coefficient (Wildman–Crippen LogP) is 4.46. The number of allylic oxidation sites excluding steroid dienone is 1. The maximum absolute atomic E-state index is 11.7. The molecule has 1 aromatic rings. The monoisotopic (exact) mass is 353 g/mol. The molecular formula is C18H24ClNO2S. The van der Waals surface area contributed by atoms with Crippen molar-refractivity contribution in [3.8, 4) is 5.75 Å². The molecule has 0 saturated heterocycles. The van der Waals surface area contributed by atoms with E-state index in [9.17, 15) is 4.79 Å². The van der Waals surface area contributed by atoms with Gasteiger partial charge in [0.2, 0.25) is 5.91 Å². The summed E-state index contributed by atoms with van der Waals surface area (Å²) < 4.78 is 5.58. The van der Waals surface area contributed by atoms with Crippen LogP contribution >= 0.6 is 23.4 Å². The second-order valence-corrected chi connectivity index (χ2v) is 7.10. The lowest BCUT2D eigenvalue weighted by Crippen LogP contribution is -2.26. The van der Waals surface area contributed by atoms with Crippen LogP contribution < -0.4 is 10.1 Å². The summed E-state index contributed by atoms with van der Waals surface area (Å²) in [4.78, 5) is 11.7. The highest BCUT2D eigenvalue weighted by molar-refractivity contribution is 7.99. The topological polar surface area (TPSA) is 38.3 Å². The number of carbonyl (C=O) groups excluding carboxylic acids is 1. The van der Waals surface area contributed by atoms with Crippen molar-refractivity contribution in [1.82, 2.24) is 5.32 Å². The van der Waals surface area contributed by atoms with Crippen LogP contribution in [0.5, 0.6) is 5.75 Å². The highest BCUT2D eigenvalue weighted by atomic mass is 35.5. The molecule has 3 nitrogen and oxygen atoms in total. The molecule has 0 unspecified atom stereocenters. The molecule has 1 N–H and O–H groups in total. The smallest absolute Gasteiger partial charge is 0.230 e. The Morgan fingerprint density at radius 2 is 2.09 bits per heavy atom. The van der Waals surface area contributed by atoms with Crippen LogP contribution in [0.2, 0.25) is 5.02 Å². The van der Waals surface area contributed by atoms with Crippen LogP contribution in [-0.4, -0.2) is 30.6 Å². The number of hydrogen-bond acceptors (Lipinski definition) is 3. The molecule has 0 heterocycles. The van der Waals surface area contributed by atoms with Crippen molar-refractivity contribution >= 4 is 29.3 Å². The van der Waals surface area contributed by atoms with Crippen LogP contribution in [0.4, 0.5) is 0 Å². The van der Waals surface area contributed by atoms with Crippen molar-refractivity contribution in [1.29, 1.82) is 0 Å². The number of benzene rings is 1. The van der Waals surface area contributed by atoms with Crippen LogP contribution in [0.15, 0.2) is 35.9 Å². The molecule has 0 bridgehead atoms. The van der Waals surface area contributed by atoms with Crippen molar-refractivity contribution < 1.29 is 9.53 Å². The third kappa shape index (κ3) is 7.80. The molecule has 1 aliphatic carbocycles. The van der Waals surface area contributed by atoms with Crippen molar-refractivity contribution in [2.45, 2.75) is 32.1 Å². The first-order chi connectivity index (χ1) is 11.2. The van der Waals surface area contributed by atoms with Crippen molar-refractivity contribution in [2.24, 2.45) is 0 Å². The highest BCUT2D eigenvalue weighted by Gasteiger charge is 2.05. The summed E-state index contributed by atoms with van der Waals surface area (Å²) in [6.45, 7) is 1.35. The quantitative estimate of drug-likeness (QED) is 0.526. The molecule has 1 amide bonds. The van der Waals surface area contributed by atoms with Gasteiger partial charge in [-0.1, -0.05) is 23.3 Å². The van der Waals surface area contributed by atoms with E-state index in [2.05, 4.69) is 11.4 Å². The Morgan fingerprint density at radius 3 is 2.83 bits per heavy atom. The van der Waals surface area contributed by atoms with Crippen LogP contribution in [0.3, 0.4) is 0 Å². The van der Waals surface area contributed by atoms with E-state index in [1.807, 2.05) is 12.1 Å². The summed E-state index contributed by atoms with van der Waals surface area (Å²) in [6, 6.07) is 7.30. The summed E-state index contributed by atoms with van der Waals surface area (Å²) in [5.74, 6) is 2.20. The third-order valence-electron chi connectivity index (χ3n) is 3.70. The second-order valence-electron chi connectivity index (χ2n) is 5.56. The molecule has 23 heavy (non-hydrogen) atoms. The first-order valence-electron chi connectivity index (χ1n) is 8.15. The molecule has 0 aliphatic heterocycles. The van der Waals surface area contributed by atoms with Crippen LogP contribution in [0.25, 0.3) is 0 Å². The maximum Gasteiger partial charge on any atom is 0.230 e. The minimum Gasteiger partial charge on any atom is -0.493 e. The van der Waals surface area contributed by atoms with Gasteiger partial charge in [0.25, 0.3) is 0 Å². The van der Waals surface area contributed by atoms with Gasteiger partial charge in [0.1, 0.15) is 5.75 Å². The van der Waals surface area contributed by atoms with Gasteiger partial charge in [-0.25, -0.2) is 0 Å². The Balaban J connectivity index is 1.48. The maximum atomic E-state index is 11.7. The van der Waals surface area contributed by atoms with E-state index < -0.39 is 0 Å². The summed E-state index contributed by atoms with van der Waals surface area (Å²) in [5.41, 5.74) is 1.50. The number of carbonyl (C=O) groups is 1. The van der Waals surface area contributed by atoms with Gasteiger partial charge in [-0.05, 0) is 56.4 Å². The number of nitrogens with one attached hydrogen (secondary N) is 1. The number of halogens is 1. The molecule has 126 valence electrons. The van der Waals surface area contributed by atoms with Crippen molar-refractivity contribution in [3.63, 3.8) is 0 Å². The Labute approximate surface area is 147 Å². The molecule has 0 atom stereocenters. The van der Waals surface area contributed by atoms with E-state index in [0.29, 0.717) is 17.4 Å². The minimum absolute atomic E-state index is 0.109. The number of thioether (sulfide) groups is 1. The van der Waals surface area contributed by atoms with Gasteiger partial charge in [0, 0.05) is 17.3 Å². The summed E-state index contributed by atoms with van der Waals surface area (Å²) in [7, 11) is 0. The fourth-order valence-corrected chi connectivity index (χ4v) is 3.22. The van der Waals surface area contributed by atoms with E-state index in [0.717, 1.165) is 24.5 Å². The van der Waals surface area contributed by atoms with Gasteiger partial charge < -0.3 is 10.1 Å². The number of hydrogen-bond donors (Lipinski definition) is 1. The van der Waals surface area contributed by atoms with E-state index in [4.69, 9.17) is 16.3 Å². The Hall–Kier alpha value is -1.13. The lowest BCUT2D eigenvalue weighted by molar-refractivity contribution is -0.118. The second kappa shape index (κ2) is 10.6. The van der Waals surface area contributed by atoms with Crippen LogP contribution in [0.1, 0.15) is 32.1 Å². The molecule has 0 aromatic heterocycles. The van der Waals surface area contributed by atoms with Gasteiger partial charge in [0.05, 0.1) is 12.4 Å². The first-order valence-corrected chi connectivity index (χ1v) is 9.68. The van der Waals surface area contributed by atoms with E-state index in [-0.39, 0.29) is 5.91 Å². The Morgan fingerprint density at radius 1 is 1.26 bits per heavy atom. The normalized spacial score (nSPS) is 14.2. The van der Waals surface area contributed by atoms with Crippen molar-refractivity contribution in [3.05, 3.63) is 40.9 Å². The highest BCUT2D eigenvalue weighted by Crippen LogP contribution is 2.19. The molecule has 0 spiro atoms. The lowest BCUT2D eigenvalue weighted by atomic mass is 9.97. The standard InChI is InChI=1S/C18H24ClNO2S/c19-16-6-8-17(9-7-16)22-12-13-23-14-18(21)20-11-10-15-4-2-1-3-5-15/h4,6-9H,1-3,5,10-14H2,(H,20,21). The van der Waals surface area contributed by atoms with Gasteiger partial charge >= 0.3 is 0 Å². The third-order valence-corrected chi connectivity index (χ3v) is 4.87. The van der Waals surface area contributed by atoms with E-state index >= 15 is 0 Å². The number of amides is 1. The molecule has 0 fully saturated rings. The minimum atomic E-state index is 0.109. The van der Waals surface area contributed by atoms with E-state index in [1.54, 1.807) is 23.9 Å².